The zero-order chi connectivity index (χ0) is 31.8. The summed E-state index contributed by atoms with van der Waals surface area (Å²) in [5.74, 6) is 2.10. The standard InChI is InChI=1S/C35H47N9O2/c1-23-5-6-24(2)44(23)34-39-32(38-33(40-34)43-21-30-15-16-31(22-43)46-30)25-7-9-26(10-8-25)36-35(45)37-27-11-13-29(14-12-27)42-19-17-28(18-20-42)41(3)4/h7-14,23-24,28,30-31H,5-6,15-22H2,1-4H3,(H2,36,37,45). The van der Waals surface area contributed by atoms with E-state index in [9.17, 15) is 4.79 Å². The first-order chi connectivity index (χ1) is 22.3. The van der Waals surface area contributed by atoms with Crippen molar-refractivity contribution < 1.29 is 9.53 Å². The van der Waals surface area contributed by atoms with Gasteiger partial charge in [-0.2, -0.15) is 15.0 Å². The first-order valence-electron chi connectivity index (χ1n) is 16.9. The molecule has 2 N–H and O–H groups in total. The molecule has 2 amide bonds. The SMILES string of the molecule is CC1CCC(C)N1c1nc(-c2ccc(NC(=O)Nc3ccc(N4CCC(N(C)C)CC4)cc3)cc2)nc(N2CC3CCC(C2)O3)n1. The van der Waals surface area contributed by atoms with Gasteiger partial charge in [0.15, 0.2) is 5.82 Å². The predicted molar refractivity (Wildman–Crippen MR) is 184 cm³/mol. The molecule has 5 heterocycles. The highest BCUT2D eigenvalue weighted by Crippen LogP contribution is 2.33. The average molecular weight is 626 g/mol. The molecule has 3 aromatic rings. The van der Waals surface area contributed by atoms with Gasteiger partial charge in [-0.1, -0.05) is 0 Å². The lowest BCUT2D eigenvalue weighted by Gasteiger charge is -2.36. The molecule has 0 saturated carbocycles. The number of anilines is 5. The number of aromatic nitrogens is 3. The number of benzene rings is 2. The van der Waals surface area contributed by atoms with Crippen LogP contribution < -0.4 is 25.3 Å². The molecule has 4 saturated heterocycles. The summed E-state index contributed by atoms with van der Waals surface area (Å²) in [7, 11) is 4.32. The van der Waals surface area contributed by atoms with Crippen LogP contribution >= 0.6 is 0 Å². The van der Waals surface area contributed by atoms with Crippen molar-refractivity contribution in [1.82, 2.24) is 19.9 Å². The fourth-order valence-electron chi connectivity index (χ4n) is 7.50. The van der Waals surface area contributed by atoms with Crippen LogP contribution in [0.3, 0.4) is 0 Å². The first-order valence-corrected chi connectivity index (χ1v) is 16.9. The van der Waals surface area contributed by atoms with Gasteiger partial charge in [0.05, 0.1) is 12.2 Å². The second-order valence-electron chi connectivity index (χ2n) is 13.7. The molecule has 0 aliphatic carbocycles. The number of nitrogens with zero attached hydrogens (tertiary/aromatic N) is 7. The van der Waals surface area contributed by atoms with Crippen molar-refractivity contribution in [1.29, 1.82) is 0 Å². The molecule has 4 aliphatic rings. The van der Waals surface area contributed by atoms with E-state index in [0.29, 0.717) is 29.6 Å². The number of hydrogen-bond acceptors (Lipinski definition) is 9. The molecular weight excluding hydrogens is 578 g/mol. The van der Waals surface area contributed by atoms with E-state index in [1.807, 2.05) is 36.4 Å². The lowest BCUT2D eigenvalue weighted by molar-refractivity contribution is 0.0299. The normalized spacial score (nSPS) is 24.9. The summed E-state index contributed by atoms with van der Waals surface area (Å²) >= 11 is 0. The van der Waals surface area contributed by atoms with Crippen molar-refractivity contribution >= 4 is 35.0 Å². The Morgan fingerprint density at radius 2 is 1.30 bits per heavy atom. The minimum atomic E-state index is -0.281. The van der Waals surface area contributed by atoms with Gasteiger partial charge in [0.2, 0.25) is 11.9 Å². The van der Waals surface area contributed by atoms with Gasteiger partial charge in [0.25, 0.3) is 0 Å². The molecule has 4 aliphatic heterocycles. The number of morpholine rings is 1. The van der Waals surface area contributed by atoms with E-state index in [1.54, 1.807) is 0 Å². The molecule has 4 fully saturated rings. The van der Waals surface area contributed by atoms with Gasteiger partial charge in [-0.05, 0) is 115 Å². The Morgan fingerprint density at radius 1 is 0.739 bits per heavy atom. The number of ether oxygens (including phenoxy) is 1. The molecule has 0 radical (unpaired) electrons. The fraction of sp³-hybridized carbons (Fsp3) is 0.543. The highest BCUT2D eigenvalue weighted by atomic mass is 16.5. The van der Waals surface area contributed by atoms with E-state index in [1.165, 1.54) is 5.69 Å². The summed E-state index contributed by atoms with van der Waals surface area (Å²) in [5, 5.41) is 5.92. The Hall–Kier alpha value is -3.96. The van der Waals surface area contributed by atoms with Crippen molar-refractivity contribution in [3.8, 4) is 11.4 Å². The summed E-state index contributed by atoms with van der Waals surface area (Å²) in [4.78, 5) is 37.1. The van der Waals surface area contributed by atoms with Gasteiger partial charge in [-0.15, -0.1) is 0 Å². The van der Waals surface area contributed by atoms with E-state index >= 15 is 0 Å². The topological polar surface area (TPSA) is 102 Å². The number of carbonyl (C=O) groups is 1. The lowest BCUT2D eigenvalue weighted by Crippen LogP contribution is -2.44. The smallest absolute Gasteiger partial charge is 0.323 e. The van der Waals surface area contributed by atoms with Gasteiger partial charge in [0, 0.05) is 66.9 Å². The van der Waals surface area contributed by atoms with Crippen LogP contribution in [0.25, 0.3) is 11.4 Å². The van der Waals surface area contributed by atoms with Crippen LogP contribution in [0.15, 0.2) is 48.5 Å². The first kappa shape index (κ1) is 30.7. The number of nitrogens with one attached hydrogen (secondary N) is 2. The van der Waals surface area contributed by atoms with Crippen molar-refractivity contribution in [3.63, 3.8) is 0 Å². The van der Waals surface area contributed by atoms with Gasteiger partial charge < -0.3 is 35.0 Å². The van der Waals surface area contributed by atoms with Gasteiger partial charge >= 0.3 is 6.03 Å². The quantitative estimate of drug-likeness (QED) is 0.355. The number of urea groups is 1. The number of amides is 2. The molecule has 11 heteroatoms. The molecule has 4 atom stereocenters. The maximum Gasteiger partial charge on any atom is 0.323 e. The van der Waals surface area contributed by atoms with Gasteiger partial charge in [-0.3, -0.25) is 0 Å². The molecule has 2 bridgehead atoms. The molecule has 4 unspecified atom stereocenters. The van der Waals surface area contributed by atoms with Gasteiger partial charge in [0.1, 0.15) is 0 Å². The van der Waals surface area contributed by atoms with Crippen molar-refractivity contribution in [3.05, 3.63) is 48.5 Å². The maximum atomic E-state index is 12.9. The third-order valence-electron chi connectivity index (χ3n) is 10.2. The Bertz CT molecular complexity index is 1490. The molecule has 2 aromatic carbocycles. The Labute approximate surface area is 272 Å². The van der Waals surface area contributed by atoms with Crippen molar-refractivity contribution in [2.75, 3.05) is 65.6 Å². The van der Waals surface area contributed by atoms with E-state index in [2.05, 4.69) is 70.3 Å². The van der Waals surface area contributed by atoms with Crippen LogP contribution in [0, 0.1) is 0 Å². The van der Waals surface area contributed by atoms with Crippen LogP contribution in [0.1, 0.15) is 52.4 Å². The summed E-state index contributed by atoms with van der Waals surface area (Å²) in [6.07, 6.45) is 7.25. The van der Waals surface area contributed by atoms with Crippen molar-refractivity contribution in [2.45, 2.75) is 82.7 Å². The monoisotopic (exact) mass is 625 g/mol. The average Bonchev–Trinajstić information content (AvgIpc) is 3.59. The van der Waals surface area contributed by atoms with Crippen LogP contribution in [-0.2, 0) is 4.74 Å². The minimum Gasteiger partial charge on any atom is -0.371 e. The zero-order valence-corrected chi connectivity index (χ0v) is 27.5. The third-order valence-corrected chi connectivity index (χ3v) is 10.2. The second-order valence-corrected chi connectivity index (χ2v) is 13.7. The molecule has 46 heavy (non-hydrogen) atoms. The van der Waals surface area contributed by atoms with Crippen molar-refractivity contribution in [2.24, 2.45) is 0 Å². The second kappa shape index (κ2) is 13.0. The fourth-order valence-corrected chi connectivity index (χ4v) is 7.50. The van der Waals surface area contributed by atoms with Crippen LogP contribution in [0.5, 0.6) is 0 Å². The number of rotatable bonds is 7. The van der Waals surface area contributed by atoms with E-state index in [0.717, 1.165) is 87.9 Å². The molecular formula is C35H47N9O2. The largest absolute Gasteiger partial charge is 0.371 e. The van der Waals surface area contributed by atoms with Crippen LogP contribution in [0.2, 0.25) is 0 Å². The minimum absolute atomic E-state index is 0.243. The Morgan fingerprint density at radius 3 is 1.89 bits per heavy atom. The molecule has 7 rings (SSSR count). The summed E-state index contributed by atoms with van der Waals surface area (Å²) < 4.78 is 6.08. The van der Waals surface area contributed by atoms with E-state index in [4.69, 9.17) is 19.7 Å². The summed E-state index contributed by atoms with van der Waals surface area (Å²) in [5.41, 5.74) is 3.53. The molecule has 11 nitrogen and oxygen atoms in total. The molecule has 244 valence electrons. The maximum absolute atomic E-state index is 12.9. The van der Waals surface area contributed by atoms with Gasteiger partial charge in [-0.25, -0.2) is 4.79 Å². The number of carbonyl (C=O) groups excluding carboxylic acids is 1. The number of fused-ring (bicyclic) bond motifs is 2. The van der Waals surface area contributed by atoms with E-state index < -0.39 is 0 Å². The number of hydrogen-bond donors (Lipinski definition) is 2. The summed E-state index contributed by atoms with van der Waals surface area (Å²) in [6, 6.07) is 16.9. The molecule has 0 spiro atoms. The highest BCUT2D eigenvalue weighted by Gasteiger charge is 2.36. The van der Waals surface area contributed by atoms with Crippen LogP contribution in [-0.4, -0.2) is 96.5 Å². The number of piperidine rings is 1. The summed E-state index contributed by atoms with van der Waals surface area (Å²) in [6.45, 7) is 8.20. The molecule has 1 aromatic heterocycles. The lowest BCUT2D eigenvalue weighted by atomic mass is 10.0. The highest BCUT2D eigenvalue weighted by molar-refractivity contribution is 5.99. The zero-order valence-electron chi connectivity index (χ0n) is 27.5. The Balaban J connectivity index is 1.02. The van der Waals surface area contributed by atoms with Crippen LogP contribution in [0.4, 0.5) is 33.8 Å². The Kier molecular flexibility index (Phi) is 8.70. The van der Waals surface area contributed by atoms with E-state index in [-0.39, 0.29) is 18.2 Å². The predicted octanol–water partition coefficient (Wildman–Crippen LogP) is 5.46. The third kappa shape index (κ3) is 6.62.